The third kappa shape index (κ3) is 2.81. The highest BCUT2D eigenvalue weighted by atomic mass is 16.3. The molecular formula is C15H23NO. The van der Waals surface area contributed by atoms with E-state index in [4.69, 9.17) is 0 Å². The van der Waals surface area contributed by atoms with Crippen LogP contribution in [0.3, 0.4) is 0 Å². The third-order valence-corrected chi connectivity index (χ3v) is 3.89. The average Bonchev–Trinajstić information content (AvgIpc) is 2.82. The van der Waals surface area contributed by atoms with Gasteiger partial charge in [0.15, 0.2) is 0 Å². The molecule has 0 heterocycles. The monoisotopic (exact) mass is 233 g/mol. The van der Waals surface area contributed by atoms with E-state index in [2.05, 4.69) is 37.1 Å². The molecule has 2 nitrogen and oxygen atoms in total. The number of anilines is 1. The molecular weight excluding hydrogens is 210 g/mol. The Morgan fingerprint density at radius 1 is 1.29 bits per heavy atom. The average molecular weight is 233 g/mol. The Morgan fingerprint density at radius 2 is 2.06 bits per heavy atom. The molecule has 1 aliphatic carbocycles. The number of nitrogens with zero attached hydrogens (tertiary/aromatic N) is 1. The van der Waals surface area contributed by atoms with E-state index in [0.29, 0.717) is 5.92 Å². The van der Waals surface area contributed by atoms with Crippen LogP contribution in [0, 0.1) is 5.92 Å². The first-order valence-corrected chi connectivity index (χ1v) is 6.68. The van der Waals surface area contributed by atoms with Gasteiger partial charge in [0, 0.05) is 25.9 Å². The Balaban J connectivity index is 2.06. The number of aryl methyl sites for hydroxylation is 2. The van der Waals surface area contributed by atoms with Crippen LogP contribution in [0.1, 0.15) is 30.9 Å². The Labute approximate surface area is 104 Å². The molecule has 2 rings (SSSR count). The molecule has 17 heavy (non-hydrogen) atoms. The number of rotatable bonds is 5. The number of hydrogen-bond acceptors (Lipinski definition) is 2. The molecule has 1 atom stereocenters. The maximum absolute atomic E-state index is 9.25. The second-order valence-electron chi connectivity index (χ2n) is 5.14. The number of fused-ring (bicyclic) bond motifs is 1. The van der Waals surface area contributed by atoms with Crippen LogP contribution in [0.5, 0.6) is 0 Å². The van der Waals surface area contributed by atoms with Gasteiger partial charge in [-0.2, -0.15) is 0 Å². The van der Waals surface area contributed by atoms with Crippen LogP contribution in [-0.4, -0.2) is 25.3 Å². The van der Waals surface area contributed by atoms with Crippen LogP contribution in [0.25, 0.3) is 0 Å². The maximum Gasteiger partial charge on any atom is 0.0476 e. The van der Waals surface area contributed by atoms with E-state index in [1.807, 2.05) is 0 Å². The number of aliphatic hydroxyl groups is 1. The minimum Gasteiger partial charge on any atom is -0.396 e. The molecule has 0 bridgehead atoms. The molecule has 0 amide bonds. The molecule has 0 aliphatic heterocycles. The lowest BCUT2D eigenvalue weighted by Gasteiger charge is -2.24. The molecule has 1 aliphatic rings. The van der Waals surface area contributed by atoms with Crippen molar-refractivity contribution in [2.45, 2.75) is 32.6 Å². The first kappa shape index (κ1) is 12.4. The van der Waals surface area contributed by atoms with E-state index in [-0.39, 0.29) is 6.61 Å². The van der Waals surface area contributed by atoms with Gasteiger partial charge in [-0.05, 0) is 54.9 Å². The van der Waals surface area contributed by atoms with E-state index < -0.39 is 0 Å². The van der Waals surface area contributed by atoms with Gasteiger partial charge >= 0.3 is 0 Å². The molecule has 0 spiro atoms. The van der Waals surface area contributed by atoms with Crippen molar-refractivity contribution in [3.63, 3.8) is 0 Å². The molecule has 2 heteroatoms. The Bertz CT molecular complexity index is 371. The number of aliphatic hydroxyl groups excluding tert-OH is 1. The summed E-state index contributed by atoms with van der Waals surface area (Å²) in [6.07, 6.45) is 4.81. The first-order valence-electron chi connectivity index (χ1n) is 6.68. The standard InChI is InChI=1S/C15H23NO/c1-3-12(11-17)10-16(2)15-8-7-13-5-4-6-14(13)9-15/h7-9,12,17H,3-6,10-11H2,1-2H3. The minimum absolute atomic E-state index is 0.284. The second-order valence-corrected chi connectivity index (χ2v) is 5.14. The van der Waals surface area contributed by atoms with E-state index in [9.17, 15) is 5.11 Å². The topological polar surface area (TPSA) is 23.5 Å². The smallest absolute Gasteiger partial charge is 0.0476 e. The van der Waals surface area contributed by atoms with Crippen LogP contribution in [-0.2, 0) is 12.8 Å². The van der Waals surface area contributed by atoms with Gasteiger partial charge in [-0.25, -0.2) is 0 Å². The van der Waals surface area contributed by atoms with Crippen molar-refractivity contribution in [2.75, 3.05) is 25.1 Å². The molecule has 0 saturated carbocycles. The molecule has 1 unspecified atom stereocenters. The van der Waals surface area contributed by atoms with Crippen LogP contribution in [0.15, 0.2) is 18.2 Å². The van der Waals surface area contributed by atoms with Gasteiger partial charge in [0.05, 0.1) is 0 Å². The van der Waals surface area contributed by atoms with Crippen molar-refractivity contribution < 1.29 is 5.11 Å². The highest BCUT2D eigenvalue weighted by molar-refractivity contribution is 5.51. The molecule has 0 fully saturated rings. The summed E-state index contributed by atoms with van der Waals surface area (Å²) in [7, 11) is 2.12. The normalized spacial score (nSPS) is 15.7. The van der Waals surface area contributed by atoms with Gasteiger partial charge in [0.1, 0.15) is 0 Å². The fraction of sp³-hybridized carbons (Fsp3) is 0.600. The zero-order chi connectivity index (χ0) is 12.3. The zero-order valence-corrected chi connectivity index (χ0v) is 10.9. The molecule has 0 radical (unpaired) electrons. The largest absolute Gasteiger partial charge is 0.396 e. The van der Waals surface area contributed by atoms with Gasteiger partial charge < -0.3 is 10.0 Å². The van der Waals surface area contributed by atoms with E-state index in [1.165, 1.54) is 36.1 Å². The minimum atomic E-state index is 0.284. The summed E-state index contributed by atoms with van der Waals surface area (Å²) in [5.41, 5.74) is 4.33. The van der Waals surface area contributed by atoms with Crippen molar-refractivity contribution in [1.82, 2.24) is 0 Å². The third-order valence-electron chi connectivity index (χ3n) is 3.89. The lowest BCUT2D eigenvalue weighted by molar-refractivity contribution is 0.225. The van der Waals surface area contributed by atoms with Gasteiger partial charge in [-0.3, -0.25) is 0 Å². The zero-order valence-electron chi connectivity index (χ0n) is 10.9. The van der Waals surface area contributed by atoms with Gasteiger partial charge in [-0.15, -0.1) is 0 Å². The van der Waals surface area contributed by atoms with E-state index in [1.54, 1.807) is 0 Å². The fourth-order valence-electron chi connectivity index (χ4n) is 2.60. The molecule has 1 N–H and O–H groups in total. The quantitative estimate of drug-likeness (QED) is 0.845. The number of hydrogen-bond donors (Lipinski definition) is 1. The van der Waals surface area contributed by atoms with Crippen LogP contribution >= 0.6 is 0 Å². The SMILES string of the molecule is CCC(CO)CN(C)c1ccc2c(c1)CCC2. The van der Waals surface area contributed by atoms with Gasteiger partial charge in [0.25, 0.3) is 0 Å². The molecule has 0 aromatic heterocycles. The summed E-state index contributed by atoms with van der Waals surface area (Å²) in [5, 5.41) is 9.25. The predicted molar refractivity (Wildman–Crippen MR) is 72.6 cm³/mol. The maximum atomic E-state index is 9.25. The first-order chi connectivity index (χ1) is 8.24. The van der Waals surface area contributed by atoms with Crippen molar-refractivity contribution >= 4 is 5.69 Å². The molecule has 0 saturated heterocycles. The van der Waals surface area contributed by atoms with E-state index >= 15 is 0 Å². The predicted octanol–water partition coefficient (Wildman–Crippen LogP) is 2.63. The van der Waals surface area contributed by atoms with Crippen molar-refractivity contribution in [3.8, 4) is 0 Å². The van der Waals surface area contributed by atoms with Gasteiger partial charge in [-0.1, -0.05) is 13.0 Å². The molecule has 1 aromatic rings. The Hall–Kier alpha value is -1.02. The lowest BCUT2D eigenvalue weighted by Crippen LogP contribution is -2.27. The van der Waals surface area contributed by atoms with Crippen LogP contribution < -0.4 is 4.90 Å². The Morgan fingerprint density at radius 3 is 2.76 bits per heavy atom. The highest BCUT2D eigenvalue weighted by Gasteiger charge is 2.14. The van der Waals surface area contributed by atoms with Gasteiger partial charge in [0.2, 0.25) is 0 Å². The number of benzene rings is 1. The van der Waals surface area contributed by atoms with Crippen LogP contribution in [0.2, 0.25) is 0 Å². The fourth-order valence-corrected chi connectivity index (χ4v) is 2.60. The summed E-state index contributed by atoms with van der Waals surface area (Å²) in [4.78, 5) is 2.27. The summed E-state index contributed by atoms with van der Waals surface area (Å²) in [6.45, 7) is 3.36. The second kappa shape index (κ2) is 5.54. The van der Waals surface area contributed by atoms with Crippen molar-refractivity contribution in [3.05, 3.63) is 29.3 Å². The van der Waals surface area contributed by atoms with Crippen molar-refractivity contribution in [2.24, 2.45) is 5.92 Å². The van der Waals surface area contributed by atoms with Crippen LogP contribution in [0.4, 0.5) is 5.69 Å². The lowest BCUT2D eigenvalue weighted by atomic mass is 10.1. The Kier molecular flexibility index (Phi) is 4.06. The summed E-state index contributed by atoms with van der Waals surface area (Å²) in [6, 6.07) is 6.81. The van der Waals surface area contributed by atoms with E-state index in [0.717, 1.165) is 13.0 Å². The molecule has 94 valence electrons. The highest BCUT2D eigenvalue weighted by Crippen LogP contribution is 2.26. The molecule has 1 aromatic carbocycles. The summed E-state index contributed by atoms with van der Waals surface area (Å²) in [5.74, 6) is 0.383. The summed E-state index contributed by atoms with van der Waals surface area (Å²) < 4.78 is 0. The summed E-state index contributed by atoms with van der Waals surface area (Å²) >= 11 is 0. The van der Waals surface area contributed by atoms with Crippen molar-refractivity contribution in [1.29, 1.82) is 0 Å².